The fraction of sp³-hybridized carbons (Fsp3) is 0.400. The number of rotatable bonds is 6. The molecule has 0 aliphatic heterocycles. The van der Waals surface area contributed by atoms with Gasteiger partial charge < -0.3 is 9.88 Å². The molecule has 2 aromatic rings. The molecule has 4 heteroatoms. The molecule has 1 N–H and O–H groups in total. The lowest BCUT2D eigenvalue weighted by Gasteiger charge is -2.18. The van der Waals surface area contributed by atoms with E-state index in [1.807, 2.05) is 30.6 Å². The maximum absolute atomic E-state index is 6.05. The van der Waals surface area contributed by atoms with Crippen molar-refractivity contribution < 1.29 is 0 Å². The van der Waals surface area contributed by atoms with Crippen LogP contribution in [0.15, 0.2) is 36.7 Å². The number of aromatic nitrogens is 2. The Balaban J connectivity index is 2.21. The molecule has 0 saturated heterocycles. The number of aryl methyl sites for hydroxylation is 1. The molecule has 1 atom stereocenters. The Labute approximate surface area is 119 Å². The molecule has 3 nitrogen and oxygen atoms in total. The van der Waals surface area contributed by atoms with E-state index in [-0.39, 0.29) is 6.04 Å². The minimum absolute atomic E-state index is 0.221. The zero-order chi connectivity index (χ0) is 13.7. The van der Waals surface area contributed by atoms with Crippen LogP contribution in [-0.4, -0.2) is 16.1 Å². The smallest absolute Gasteiger partial charge is 0.126 e. The molecule has 102 valence electrons. The second-order valence-corrected chi connectivity index (χ2v) is 4.95. The highest BCUT2D eigenvalue weighted by molar-refractivity contribution is 6.30. The first-order chi connectivity index (χ1) is 9.24. The highest BCUT2D eigenvalue weighted by Gasteiger charge is 2.16. The van der Waals surface area contributed by atoms with Crippen LogP contribution in [-0.2, 0) is 13.0 Å². The summed E-state index contributed by atoms with van der Waals surface area (Å²) in [7, 11) is 0. The van der Waals surface area contributed by atoms with Crippen LogP contribution < -0.4 is 5.32 Å². The van der Waals surface area contributed by atoms with Crippen LogP contribution in [0.3, 0.4) is 0 Å². The first-order valence-electron chi connectivity index (χ1n) is 6.73. The molecule has 0 radical (unpaired) electrons. The van der Waals surface area contributed by atoms with Gasteiger partial charge in [0.1, 0.15) is 5.82 Å². The van der Waals surface area contributed by atoms with Crippen LogP contribution in [0.5, 0.6) is 0 Å². The number of halogens is 1. The van der Waals surface area contributed by atoms with Crippen molar-refractivity contribution >= 4 is 11.6 Å². The van der Waals surface area contributed by atoms with E-state index in [9.17, 15) is 0 Å². The minimum atomic E-state index is 0.221. The van der Waals surface area contributed by atoms with E-state index in [0.717, 1.165) is 30.4 Å². The first-order valence-corrected chi connectivity index (χ1v) is 7.11. The second kappa shape index (κ2) is 6.73. The van der Waals surface area contributed by atoms with E-state index in [0.29, 0.717) is 0 Å². The fourth-order valence-electron chi connectivity index (χ4n) is 2.30. The Kier molecular flexibility index (Phi) is 5.00. The molecular formula is C15H20ClN3. The lowest BCUT2D eigenvalue weighted by Crippen LogP contribution is -2.26. The van der Waals surface area contributed by atoms with Crippen LogP contribution in [0.4, 0.5) is 0 Å². The van der Waals surface area contributed by atoms with E-state index in [1.54, 1.807) is 0 Å². The van der Waals surface area contributed by atoms with E-state index < -0.39 is 0 Å². The molecule has 1 unspecified atom stereocenters. The molecule has 0 bridgehead atoms. The van der Waals surface area contributed by atoms with Gasteiger partial charge in [0.2, 0.25) is 0 Å². The summed E-state index contributed by atoms with van der Waals surface area (Å²) in [5.74, 6) is 1.09. The molecule has 0 aliphatic rings. The van der Waals surface area contributed by atoms with Crippen molar-refractivity contribution in [1.29, 1.82) is 0 Å². The van der Waals surface area contributed by atoms with Crippen LogP contribution in [0, 0.1) is 0 Å². The summed E-state index contributed by atoms with van der Waals surface area (Å²) in [6.45, 7) is 6.10. The van der Waals surface area contributed by atoms with E-state index in [1.165, 1.54) is 5.56 Å². The van der Waals surface area contributed by atoms with Gasteiger partial charge in [0.25, 0.3) is 0 Å². The number of imidazole rings is 1. The minimum Gasteiger partial charge on any atom is -0.334 e. The molecule has 0 amide bonds. The van der Waals surface area contributed by atoms with Crippen LogP contribution >= 0.6 is 11.6 Å². The van der Waals surface area contributed by atoms with Gasteiger partial charge in [0.15, 0.2) is 0 Å². The van der Waals surface area contributed by atoms with E-state index >= 15 is 0 Å². The normalized spacial score (nSPS) is 12.6. The number of hydrogen-bond donors (Lipinski definition) is 1. The predicted octanol–water partition coefficient (Wildman–Crippen LogP) is 3.45. The molecule has 1 aromatic carbocycles. The molecule has 1 aromatic heterocycles. The Bertz CT molecular complexity index is 522. The summed E-state index contributed by atoms with van der Waals surface area (Å²) in [6.07, 6.45) is 4.78. The van der Waals surface area contributed by atoms with Crippen molar-refractivity contribution in [1.82, 2.24) is 14.9 Å². The number of likely N-dealkylation sites (N-methyl/N-ethyl adjacent to an activating group) is 1. The first kappa shape index (κ1) is 14.1. The Morgan fingerprint density at radius 1 is 1.37 bits per heavy atom. The molecule has 0 aliphatic carbocycles. The standard InChI is InChI=1S/C15H20ClN3/c1-3-17-14(15-18-8-9-19(15)4-2)11-12-6-5-7-13(16)10-12/h5-10,14,17H,3-4,11H2,1-2H3. The molecule has 1 heterocycles. The monoisotopic (exact) mass is 277 g/mol. The zero-order valence-corrected chi connectivity index (χ0v) is 12.2. The third kappa shape index (κ3) is 3.58. The number of nitrogens with zero attached hydrogens (tertiary/aromatic N) is 2. The highest BCUT2D eigenvalue weighted by atomic mass is 35.5. The molecule has 2 rings (SSSR count). The molecular weight excluding hydrogens is 258 g/mol. The summed E-state index contributed by atoms with van der Waals surface area (Å²) >= 11 is 6.05. The van der Waals surface area contributed by atoms with Crippen molar-refractivity contribution in [2.45, 2.75) is 32.9 Å². The number of benzene rings is 1. The van der Waals surface area contributed by atoms with Gasteiger partial charge in [-0.25, -0.2) is 4.98 Å². The summed E-state index contributed by atoms with van der Waals surface area (Å²) in [5, 5.41) is 4.29. The zero-order valence-electron chi connectivity index (χ0n) is 11.4. The average molecular weight is 278 g/mol. The topological polar surface area (TPSA) is 29.9 Å². The maximum atomic E-state index is 6.05. The van der Waals surface area contributed by atoms with Gasteiger partial charge in [0, 0.05) is 24.0 Å². The highest BCUT2D eigenvalue weighted by Crippen LogP contribution is 2.19. The van der Waals surface area contributed by atoms with Gasteiger partial charge in [-0.1, -0.05) is 30.7 Å². The van der Waals surface area contributed by atoms with Gasteiger partial charge in [-0.3, -0.25) is 0 Å². The molecule has 0 fully saturated rings. The quantitative estimate of drug-likeness (QED) is 0.876. The van der Waals surface area contributed by atoms with Crippen LogP contribution in [0.2, 0.25) is 5.02 Å². The second-order valence-electron chi connectivity index (χ2n) is 4.52. The maximum Gasteiger partial charge on any atom is 0.126 e. The largest absolute Gasteiger partial charge is 0.334 e. The molecule has 19 heavy (non-hydrogen) atoms. The van der Waals surface area contributed by atoms with Crippen molar-refractivity contribution in [3.8, 4) is 0 Å². The van der Waals surface area contributed by atoms with Crippen LogP contribution in [0.1, 0.15) is 31.3 Å². The summed E-state index contributed by atoms with van der Waals surface area (Å²) in [5.41, 5.74) is 1.23. The Morgan fingerprint density at radius 3 is 2.89 bits per heavy atom. The van der Waals surface area contributed by atoms with Crippen molar-refractivity contribution in [2.24, 2.45) is 0 Å². The molecule has 0 spiro atoms. The number of hydrogen-bond acceptors (Lipinski definition) is 2. The van der Waals surface area contributed by atoms with Crippen molar-refractivity contribution in [3.05, 3.63) is 53.1 Å². The third-order valence-electron chi connectivity index (χ3n) is 3.18. The van der Waals surface area contributed by atoms with Crippen molar-refractivity contribution in [3.63, 3.8) is 0 Å². The molecule has 0 saturated carbocycles. The summed E-state index contributed by atoms with van der Waals surface area (Å²) < 4.78 is 2.18. The Morgan fingerprint density at radius 2 is 2.21 bits per heavy atom. The SMILES string of the molecule is CCNC(Cc1cccc(Cl)c1)c1nccn1CC. The fourth-order valence-corrected chi connectivity index (χ4v) is 2.51. The van der Waals surface area contributed by atoms with E-state index in [4.69, 9.17) is 11.6 Å². The van der Waals surface area contributed by atoms with Gasteiger partial charge in [-0.15, -0.1) is 0 Å². The van der Waals surface area contributed by atoms with Gasteiger partial charge in [-0.2, -0.15) is 0 Å². The lowest BCUT2D eigenvalue weighted by molar-refractivity contribution is 0.495. The van der Waals surface area contributed by atoms with E-state index in [2.05, 4.69) is 34.8 Å². The van der Waals surface area contributed by atoms with Crippen LogP contribution in [0.25, 0.3) is 0 Å². The van der Waals surface area contributed by atoms with Gasteiger partial charge in [-0.05, 0) is 37.6 Å². The summed E-state index contributed by atoms with van der Waals surface area (Å²) in [4.78, 5) is 4.49. The Hall–Kier alpha value is -1.32. The van der Waals surface area contributed by atoms with Gasteiger partial charge in [0.05, 0.1) is 6.04 Å². The average Bonchev–Trinajstić information content (AvgIpc) is 2.86. The summed E-state index contributed by atoms with van der Waals surface area (Å²) in [6, 6.07) is 8.24. The third-order valence-corrected chi connectivity index (χ3v) is 3.41. The van der Waals surface area contributed by atoms with Gasteiger partial charge >= 0.3 is 0 Å². The lowest BCUT2D eigenvalue weighted by atomic mass is 10.1. The predicted molar refractivity (Wildman–Crippen MR) is 79.5 cm³/mol. The number of nitrogens with one attached hydrogen (secondary N) is 1. The van der Waals surface area contributed by atoms with Crippen molar-refractivity contribution in [2.75, 3.05) is 6.54 Å².